The van der Waals surface area contributed by atoms with Gasteiger partial charge in [0.2, 0.25) is 11.9 Å². The lowest BCUT2D eigenvalue weighted by atomic mass is 10.0. The molecule has 0 bridgehead atoms. The largest absolute Gasteiger partial charge is 0.495 e. The van der Waals surface area contributed by atoms with Gasteiger partial charge in [-0.2, -0.15) is 4.98 Å². The number of hydrogen-bond donors (Lipinski definition) is 4. The highest BCUT2D eigenvalue weighted by atomic mass is 16.5. The van der Waals surface area contributed by atoms with E-state index in [4.69, 9.17) is 14.5 Å². The van der Waals surface area contributed by atoms with Crippen LogP contribution in [0.3, 0.4) is 0 Å². The summed E-state index contributed by atoms with van der Waals surface area (Å²) in [5, 5.41) is 12.5. The fraction of sp³-hybridized carbons (Fsp3) is 0.312. The first-order valence-electron chi connectivity index (χ1n) is 14.3. The molecule has 2 aromatic carbocycles. The molecule has 11 heteroatoms. The highest BCUT2D eigenvalue weighted by Gasteiger charge is 2.20. The molecule has 11 nitrogen and oxygen atoms in total. The Labute approximate surface area is 251 Å². The first kappa shape index (κ1) is 29.7. The lowest BCUT2D eigenvalue weighted by molar-refractivity contribution is -0.111. The molecule has 0 atom stereocenters. The third-order valence-corrected chi connectivity index (χ3v) is 7.44. The monoisotopic (exact) mass is 583 g/mol. The molecule has 43 heavy (non-hydrogen) atoms. The number of nitrogens with zero attached hydrogens (tertiary/aromatic N) is 3. The first-order valence-corrected chi connectivity index (χ1v) is 14.3. The van der Waals surface area contributed by atoms with E-state index < -0.39 is 0 Å². The molecule has 2 aliphatic rings. The summed E-state index contributed by atoms with van der Waals surface area (Å²) in [4.78, 5) is 36.4. The minimum Gasteiger partial charge on any atom is -0.495 e. The quantitative estimate of drug-likeness (QED) is 0.251. The zero-order valence-electron chi connectivity index (χ0n) is 24.5. The van der Waals surface area contributed by atoms with Crippen molar-refractivity contribution in [1.82, 2.24) is 20.2 Å². The second kappa shape index (κ2) is 14.0. The molecule has 1 saturated heterocycles. The van der Waals surface area contributed by atoms with Gasteiger partial charge in [-0.05, 0) is 87.4 Å². The van der Waals surface area contributed by atoms with Gasteiger partial charge in [-0.3, -0.25) is 9.59 Å². The van der Waals surface area contributed by atoms with Crippen molar-refractivity contribution in [2.24, 2.45) is 0 Å². The normalized spacial score (nSPS) is 15.6. The zero-order valence-corrected chi connectivity index (χ0v) is 24.5. The summed E-state index contributed by atoms with van der Waals surface area (Å²) in [5.41, 5.74) is 4.43. The molecule has 3 aromatic rings. The number of piperidine rings is 1. The van der Waals surface area contributed by atoms with Gasteiger partial charge in [0, 0.05) is 34.7 Å². The van der Waals surface area contributed by atoms with Gasteiger partial charge < -0.3 is 35.6 Å². The van der Waals surface area contributed by atoms with Gasteiger partial charge in [-0.15, -0.1) is 0 Å². The Kier molecular flexibility index (Phi) is 9.65. The summed E-state index contributed by atoms with van der Waals surface area (Å²) in [6.45, 7) is 6.58. The standard InChI is InChI=1S/C32H37N7O4/c1-4-29(40)34-24-6-5-7-25(19-24)35-30-26(21-12-16-43-17-13-21)20-33-32(38-30)37-27-9-8-22(18-28(27)42-3)31(41)36-23-10-14-39(2)15-11-23/h4-9,12,18-20,23H,1,10-11,13-17H2,2-3H3,(H,34,40)(H,36,41)(H2,33,35,37,38). The Balaban J connectivity index is 1.37. The lowest BCUT2D eigenvalue weighted by Gasteiger charge is -2.29. The van der Waals surface area contributed by atoms with Gasteiger partial charge in [0.15, 0.2) is 0 Å². The van der Waals surface area contributed by atoms with Crippen molar-refractivity contribution < 1.29 is 19.1 Å². The maximum atomic E-state index is 13.0. The predicted molar refractivity (Wildman–Crippen MR) is 168 cm³/mol. The Morgan fingerprint density at radius 2 is 1.93 bits per heavy atom. The van der Waals surface area contributed by atoms with Crippen molar-refractivity contribution in [3.8, 4) is 5.75 Å². The second-order valence-electron chi connectivity index (χ2n) is 10.5. The Morgan fingerprint density at radius 3 is 2.67 bits per heavy atom. The number of likely N-dealkylation sites (tertiary alicyclic amines) is 1. The van der Waals surface area contributed by atoms with Crippen LogP contribution in [0.25, 0.3) is 5.57 Å². The third kappa shape index (κ3) is 7.76. The van der Waals surface area contributed by atoms with Crippen LogP contribution in [-0.2, 0) is 9.53 Å². The van der Waals surface area contributed by atoms with Gasteiger partial charge in [0.1, 0.15) is 11.6 Å². The summed E-state index contributed by atoms with van der Waals surface area (Å²) in [6, 6.07) is 12.8. The molecular formula is C32H37N7O4. The molecule has 1 fully saturated rings. The highest BCUT2D eigenvalue weighted by Crippen LogP contribution is 2.32. The van der Waals surface area contributed by atoms with Crippen LogP contribution in [0.2, 0.25) is 0 Å². The van der Waals surface area contributed by atoms with Gasteiger partial charge in [0.25, 0.3) is 5.91 Å². The van der Waals surface area contributed by atoms with Crippen LogP contribution in [-0.4, -0.2) is 73.2 Å². The number of hydrogen-bond acceptors (Lipinski definition) is 9. The minimum absolute atomic E-state index is 0.122. The molecule has 0 radical (unpaired) electrons. The molecule has 0 saturated carbocycles. The number of carbonyl (C=O) groups excluding carboxylic acids is 2. The number of rotatable bonds is 10. The maximum absolute atomic E-state index is 13.0. The molecule has 2 amide bonds. The third-order valence-electron chi connectivity index (χ3n) is 7.44. The van der Waals surface area contributed by atoms with Gasteiger partial charge >= 0.3 is 0 Å². The van der Waals surface area contributed by atoms with E-state index in [9.17, 15) is 9.59 Å². The van der Waals surface area contributed by atoms with E-state index in [-0.39, 0.29) is 17.9 Å². The lowest BCUT2D eigenvalue weighted by Crippen LogP contribution is -2.43. The van der Waals surface area contributed by atoms with Crippen molar-refractivity contribution in [3.05, 3.63) is 78.5 Å². The molecule has 224 valence electrons. The average molecular weight is 584 g/mol. The minimum atomic E-state index is -0.294. The second-order valence-corrected chi connectivity index (χ2v) is 10.5. The molecule has 5 rings (SSSR count). The van der Waals surface area contributed by atoms with E-state index in [0.717, 1.165) is 49.2 Å². The van der Waals surface area contributed by atoms with Crippen LogP contribution >= 0.6 is 0 Å². The number of nitrogens with one attached hydrogen (secondary N) is 4. The highest BCUT2D eigenvalue weighted by molar-refractivity contribution is 5.99. The molecule has 2 aliphatic heterocycles. The van der Waals surface area contributed by atoms with E-state index in [1.54, 1.807) is 37.6 Å². The van der Waals surface area contributed by atoms with E-state index in [0.29, 0.717) is 47.7 Å². The van der Waals surface area contributed by atoms with Crippen molar-refractivity contribution in [1.29, 1.82) is 0 Å². The van der Waals surface area contributed by atoms with Crippen LogP contribution in [0.4, 0.5) is 28.8 Å². The van der Waals surface area contributed by atoms with Crippen LogP contribution in [0.15, 0.2) is 67.4 Å². The van der Waals surface area contributed by atoms with E-state index >= 15 is 0 Å². The predicted octanol–water partition coefficient (Wildman–Crippen LogP) is 4.72. The van der Waals surface area contributed by atoms with Crippen molar-refractivity contribution >= 4 is 46.2 Å². The number of benzene rings is 2. The molecule has 0 aliphatic carbocycles. The molecule has 3 heterocycles. The Bertz CT molecular complexity index is 1520. The number of carbonyl (C=O) groups is 2. The molecule has 1 aromatic heterocycles. The van der Waals surface area contributed by atoms with Crippen LogP contribution in [0.5, 0.6) is 5.75 Å². The summed E-state index contributed by atoms with van der Waals surface area (Å²) >= 11 is 0. The molecule has 0 spiro atoms. The summed E-state index contributed by atoms with van der Waals surface area (Å²) in [5.74, 6) is 1.01. The summed E-state index contributed by atoms with van der Waals surface area (Å²) in [6.07, 6.45) is 7.62. The topological polar surface area (TPSA) is 130 Å². The smallest absolute Gasteiger partial charge is 0.251 e. The summed E-state index contributed by atoms with van der Waals surface area (Å²) < 4.78 is 11.1. The van der Waals surface area contributed by atoms with Crippen molar-refractivity contribution in [3.63, 3.8) is 0 Å². The zero-order chi connectivity index (χ0) is 30.2. The average Bonchev–Trinajstić information content (AvgIpc) is 3.03. The Hall–Kier alpha value is -4.74. The van der Waals surface area contributed by atoms with Crippen molar-refractivity contribution in [2.75, 3.05) is 56.4 Å². The van der Waals surface area contributed by atoms with Gasteiger partial charge in [-0.1, -0.05) is 18.7 Å². The van der Waals surface area contributed by atoms with Crippen molar-refractivity contribution in [2.45, 2.75) is 25.3 Å². The fourth-order valence-corrected chi connectivity index (χ4v) is 5.03. The number of amides is 2. The van der Waals surface area contributed by atoms with Crippen LogP contribution in [0, 0.1) is 0 Å². The van der Waals surface area contributed by atoms with E-state index in [2.05, 4.69) is 44.8 Å². The Morgan fingerprint density at radius 1 is 1.12 bits per heavy atom. The van der Waals surface area contributed by atoms with Gasteiger partial charge in [-0.25, -0.2) is 4.98 Å². The fourth-order valence-electron chi connectivity index (χ4n) is 5.03. The number of aromatic nitrogens is 2. The molecule has 4 N–H and O–H groups in total. The molecule has 0 unspecified atom stereocenters. The van der Waals surface area contributed by atoms with Crippen LogP contribution < -0.4 is 26.0 Å². The van der Waals surface area contributed by atoms with E-state index in [1.165, 1.54) is 6.08 Å². The number of ether oxygens (including phenoxy) is 2. The van der Waals surface area contributed by atoms with Crippen LogP contribution in [0.1, 0.15) is 35.2 Å². The van der Waals surface area contributed by atoms with E-state index in [1.807, 2.05) is 24.3 Å². The first-order chi connectivity index (χ1) is 20.9. The molecular weight excluding hydrogens is 546 g/mol. The SMILES string of the molecule is C=CC(=O)Nc1cccc(Nc2nc(Nc3ccc(C(=O)NC4CCN(C)CC4)cc3OC)ncc2C2=CCOCC2)c1. The number of anilines is 5. The number of methoxy groups -OCH3 is 1. The summed E-state index contributed by atoms with van der Waals surface area (Å²) in [7, 11) is 3.66. The maximum Gasteiger partial charge on any atom is 0.251 e. The van der Waals surface area contributed by atoms with Gasteiger partial charge in [0.05, 0.1) is 26.0 Å².